The third kappa shape index (κ3) is 1.92. The van der Waals surface area contributed by atoms with E-state index in [1.54, 1.807) is 0 Å². The zero-order valence-electron chi connectivity index (χ0n) is 8.29. The topological polar surface area (TPSA) is 3.24 Å². The Morgan fingerprint density at radius 3 is 2.69 bits per heavy atom. The lowest BCUT2D eigenvalue weighted by Crippen LogP contribution is -2.18. The second-order valence-electron chi connectivity index (χ2n) is 2.96. The van der Waals surface area contributed by atoms with Crippen molar-refractivity contribution in [2.24, 2.45) is 0 Å². The highest BCUT2D eigenvalue weighted by Crippen LogP contribution is 2.26. The molecular weight excluding hydrogens is 158 g/mol. The van der Waals surface area contributed by atoms with Crippen molar-refractivity contribution in [1.29, 1.82) is 0 Å². The number of anilines is 1. The summed E-state index contributed by atoms with van der Waals surface area (Å²) in [5.74, 6) is 0. The molecule has 0 unspecified atom stereocenters. The lowest BCUT2D eigenvalue weighted by Gasteiger charge is -2.15. The summed E-state index contributed by atoms with van der Waals surface area (Å²) in [7, 11) is 0. The molecule has 0 spiro atoms. The summed E-state index contributed by atoms with van der Waals surface area (Å²) >= 11 is 0. The predicted molar refractivity (Wildman–Crippen MR) is 59.3 cm³/mol. The fourth-order valence-electron chi connectivity index (χ4n) is 1.74. The van der Waals surface area contributed by atoms with Crippen LogP contribution in [-0.4, -0.2) is 13.1 Å². The van der Waals surface area contributed by atoms with E-state index in [0.717, 1.165) is 6.54 Å². The molecular formula is C12H17N. The number of nitrogens with zero attached hydrogens (tertiary/aromatic N) is 1. The summed E-state index contributed by atoms with van der Waals surface area (Å²) in [6, 6.07) is 8.68. The monoisotopic (exact) mass is 175 g/mol. The zero-order valence-corrected chi connectivity index (χ0v) is 8.29. The Labute approximate surface area is 80.7 Å². The molecule has 1 aliphatic heterocycles. The molecule has 70 valence electrons. The van der Waals surface area contributed by atoms with Crippen LogP contribution in [0.5, 0.6) is 0 Å². The Morgan fingerprint density at radius 1 is 1.31 bits per heavy atom. The number of likely N-dealkylation sites (N-methyl/N-ethyl adjacent to an activating group) is 1. The van der Waals surface area contributed by atoms with Gasteiger partial charge in [-0.1, -0.05) is 18.2 Å². The molecule has 1 nitrogen and oxygen atoms in total. The zero-order chi connectivity index (χ0) is 9.68. The van der Waals surface area contributed by atoms with Gasteiger partial charge in [0.1, 0.15) is 0 Å². The molecule has 0 aliphatic carbocycles. The molecule has 1 heteroatoms. The number of fused-ring (bicyclic) bond motifs is 1. The van der Waals surface area contributed by atoms with Crippen molar-refractivity contribution in [3.63, 3.8) is 0 Å². The van der Waals surface area contributed by atoms with Gasteiger partial charge in [0.05, 0.1) is 0 Å². The van der Waals surface area contributed by atoms with E-state index in [1.807, 2.05) is 0 Å². The molecule has 0 saturated heterocycles. The normalized spacial score (nSPS) is 13.2. The number of rotatable bonds is 1. The van der Waals surface area contributed by atoms with Crippen molar-refractivity contribution in [2.45, 2.75) is 13.3 Å². The second kappa shape index (κ2) is 4.70. The molecule has 1 aliphatic rings. The van der Waals surface area contributed by atoms with E-state index < -0.39 is 0 Å². The van der Waals surface area contributed by atoms with E-state index >= 15 is 0 Å². The standard InChI is InChI=1S/C10H13N.C2H4/c1-2-11-8-7-9-5-3-4-6-10(9)11;1-2/h3-6H,2,7-8H2,1H3;1-2H2. The van der Waals surface area contributed by atoms with Crippen LogP contribution in [0.25, 0.3) is 0 Å². The maximum absolute atomic E-state index is 3.00. The summed E-state index contributed by atoms with van der Waals surface area (Å²) in [6.07, 6.45) is 1.23. The highest BCUT2D eigenvalue weighted by Gasteiger charge is 2.15. The second-order valence-corrected chi connectivity index (χ2v) is 2.96. The van der Waals surface area contributed by atoms with Crippen LogP contribution >= 0.6 is 0 Å². The number of benzene rings is 1. The van der Waals surface area contributed by atoms with Gasteiger partial charge in [0.15, 0.2) is 0 Å². The van der Waals surface area contributed by atoms with Gasteiger partial charge in [0.2, 0.25) is 0 Å². The lowest BCUT2D eigenvalue weighted by atomic mass is 10.2. The van der Waals surface area contributed by atoms with Crippen LogP contribution < -0.4 is 4.90 Å². The molecule has 0 amide bonds. The van der Waals surface area contributed by atoms with Gasteiger partial charge >= 0.3 is 0 Å². The third-order valence-corrected chi connectivity index (χ3v) is 2.37. The maximum atomic E-state index is 3.00. The van der Waals surface area contributed by atoms with Crippen LogP contribution in [0.3, 0.4) is 0 Å². The van der Waals surface area contributed by atoms with Crippen LogP contribution in [-0.2, 0) is 6.42 Å². The first-order valence-electron chi connectivity index (χ1n) is 4.74. The van der Waals surface area contributed by atoms with Crippen LogP contribution in [0.15, 0.2) is 37.4 Å². The van der Waals surface area contributed by atoms with E-state index in [2.05, 4.69) is 49.2 Å². The van der Waals surface area contributed by atoms with Crippen molar-refractivity contribution >= 4 is 5.69 Å². The van der Waals surface area contributed by atoms with Crippen molar-refractivity contribution in [3.8, 4) is 0 Å². The van der Waals surface area contributed by atoms with E-state index in [1.165, 1.54) is 24.2 Å². The predicted octanol–water partition coefficient (Wildman–Crippen LogP) is 2.87. The van der Waals surface area contributed by atoms with Gasteiger partial charge in [-0.25, -0.2) is 0 Å². The van der Waals surface area contributed by atoms with E-state index in [-0.39, 0.29) is 0 Å². The van der Waals surface area contributed by atoms with Crippen molar-refractivity contribution in [3.05, 3.63) is 43.0 Å². The van der Waals surface area contributed by atoms with E-state index in [4.69, 9.17) is 0 Å². The average Bonchev–Trinajstić information content (AvgIpc) is 2.64. The summed E-state index contributed by atoms with van der Waals surface area (Å²) in [6.45, 7) is 10.6. The van der Waals surface area contributed by atoms with Gasteiger partial charge in [-0.2, -0.15) is 0 Å². The Kier molecular flexibility index (Phi) is 3.56. The molecule has 1 aromatic rings. The summed E-state index contributed by atoms with van der Waals surface area (Å²) in [5, 5.41) is 0. The quantitative estimate of drug-likeness (QED) is 0.593. The van der Waals surface area contributed by atoms with Crippen molar-refractivity contribution in [2.75, 3.05) is 18.0 Å². The molecule has 0 aromatic heterocycles. The molecule has 0 N–H and O–H groups in total. The number of hydrogen-bond acceptors (Lipinski definition) is 1. The Bertz CT molecular complexity index is 268. The summed E-state index contributed by atoms with van der Waals surface area (Å²) in [5.41, 5.74) is 2.95. The minimum Gasteiger partial charge on any atom is -0.371 e. The number of hydrogen-bond donors (Lipinski definition) is 0. The SMILES string of the molecule is C=C.CCN1CCc2ccccc21. The Hall–Kier alpha value is -1.24. The minimum absolute atomic E-state index is 1.14. The van der Waals surface area contributed by atoms with Crippen LogP contribution in [0.1, 0.15) is 12.5 Å². The van der Waals surface area contributed by atoms with Crippen LogP contribution in [0, 0.1) is 0 Å². The minimum atomic E-state index is 1.14. The van der Waals surface area contributed by atoms with E-state index in [9.17, 15) is 0 Å². The molecule has 0 fully saturated rings. The highest BCUT2D eigenvalue weighted by molar-refractivity contribution is 5.57. The maximum Gasteiger partial charge on any atom is 0.0399 e. The molecule has 0 radical (unpaired) electrons. The smallest absolute Gasteiger partial charge is 0.0399 e. The van der Waals surface area contributed by atoms with Crippen molar-refractivity contribution < 1.29 is 0 Å². The van der Waals surface area contributed by atoms with Gasteiger partial charge in [0.25, 0.3) is 0 Å². The third-order valence-electron chi connectivity index (χ3n) is 2.37. The summed E-state index contributed by atoms with van der Waals surface area (Å²) < 4.78 is 0. The molecule has 13 heavy (non-hydrogen) atoms. The van der Waals surface area contributed by atoms with Crippen LogP contribution in [0.2, 0.25) is 0 Å². The van der Waals surface area contributed by atoms with Gasteiger partial charge in [-0.3, -0.25) is 0 Å². The van der Waals surface area contributed by atoms with Gasteiger partial charge < -0.3 is 4.90 Å². The fourth-order valence-corrected chi connectivity index (χ4v) is 1.74. The first kappa shape index (κ1) is 9.85. The van der Waals surface area contributed by atoms with Gasteiger partial charge in [-0.05, 0) is 25.0 Å². The van der Waals surface area contributed by atoms with E-state index in [0.29, 0.717) is 0 Å². The molecule has 0 bridgehead atoms. The highest BCUT2D eigenvalue weighted by atomic mass is 15.1. The van der Waals surface area contributed by atoms with Crippen LogP contribution in [0.4, 0.5) is 5.69 Å². The fraction of sp³-hybridized carbons (Fsp3) is 0.333. The molecule has 0 saturated carbocycles. The largest absolute Gasteiger partial charge is 0.371 e. The van der Waals surface area contributed by atoms with Crippen molar-refractivity contribution in [1.82, 2.24) is 0 Å². The molecule has 2 rings (SSSR count). The lowest BCUT2D eigenvalue weighted by molar-refractivity contribution is 0.868. The Balaban J connectivity index is 0.000000396. The molecule has 0 atom stereocenters. The average molecular weight is 175 g/mol. The first-order chi connectivity index (χ1) is 6.42. The first-order valence-corrected chi connectivity index (χ1v) is 4.74. The number of para-hydroxylation sites is 1. The van der Waals surface area contributed by atoms with Gasteiger partial charge in [0, 0.05) is 18.8 Å². The molecule has 1 aromatic carbocycles. The van der Waals surface area contributed by atoms with Gasteiger partial charge in [-0.15, -0.1) is 13.2 Å². The summed E-state index contributed by atoms with van der Waals surface area (Å²) in [4.78, 5) is 2.43. The Morgan fingerprint density at radius 2 is 2.00 bits per heavy atom. The molecule has 1 heterocycles.